The van der Waals surface area contributed by atoms with Crippen molar-refractivity contribution in [3.8, 4) is 0 Å². The number of anilines is 1. The lowest BCUT2D eigenvalue weighted by Crippen LogP contribution is -2.38. The highest BCUT2D eigenvalue weighted by molar-refractivity contribution is 7.92. The van der Waals surface area contributed by atoms with Crippen LogP contribution in [0.4, 0.5) is 5.82 Å². The van der Waals surface area contributed by atoms with Gasteiger partial charge in [0.2, 0.25) is 0 Å². The SMILES string of the molecule is CC(C)c1cc2c(NCC(C)(C)S(C)(=O)=O)nccn2n1. The van der Waals surface area contributed by atoms with Crippen LogP contribution in [-0.2, 0) is 9.84 Å². The molecule has 0 aliphatic heterocycles. The summed E-state index contributed by atoms with van der Waals surface area (Å²) in [6, 6.07) is 1.98. The summed E-state index contributed by atoms with van der Waals surface area (Å²) in [5.41, 5.74) is 1.83. The minimum absolute atomic E-state index is 0.292. The van der Waals surface area contributed by atoms with Gasteiger partial charge < -0.3 is 5.32 Å². The Morgan fingerprint density at radius 1 is 1.38 bits per heavy atom. The van der Waals surface area contributed by atoms with Gasteiger partial charge in [0, 0.05) is 25.2 Å². The third-order valence-electron chi connectivity index (χ3n) is 3.69. The molecule has 2 aromatic heterocycles. The standard InChI is InChI=1S/C14H22N4O2S/c1-10(2)11-8-12-13(15-6-7-18(12)17-11)16-9-14(3,4)21(5,19)20/h6-8,10H,9H2,1-5H3,(H,15,16). The molecule has 21 heavy (non-hydrogen) atoms. The summed E-state index contributed by atoms with van der Waals surface area (Å²) in [5, 5.41) is 7.62. The summed E-state index contributed by atoms with van der Waals surface area (Å²) >= 11 is 0. The largest absolute Gasteiger partial charge is 0.367 e. The second-order valence-electron chi connectivity index (χ2n) is 6.21. The zero-order valence-corrected chi connectivity index (χ0v) is 13.9. The van der Waals surface area contributed by atoms with E-state index in [0.29, 0.717) is 18.3 Å². The highest BCUT2D eigenvalue weighted by Gasteiger charge is 2.30. The van der Waals surface area contributed by atoms with E-state index in [1.165, 1.54) is 6.26 Å². The molecule has 0 saturated heterocycles. The van der Waals surface area contributed by atoms with Crippen molar-refractivity contribution >= 4 is 21.2 Å². The van der Waals surface area contributed by atoms with Crippen LogP contribution in [0.25, 0.3) is 5.52 Å². The van der Waals surface area contributed by atoms with Gasteiger partial charge in [-0.2, -0.15) is 5.10 Å². The molecule has 116 valence electrons. The van der Waals surface area contributed by atoms with Crippen LogP contribution in [0.1, 0.15) is 39.3 Å². The van der Waals surface area contributed by atoms with Crippen LogP contribution in [0.3, 0.4) is 0 Å². The first kappa shape index (κ1) is 15.8. The molecule has 0 atom stereocenters. The maximum absolute atomic E-state index is 11.8. The quantitative estimate of drug-likeness (QED) is 0.915. The number of nitrogens with one attached hydrogen (secondary N) is 1. The van der Waals surface area contributed by atoms with E-state index < -0.39 is 14.6 Å². The second-order valence-corrected chi connectivity index (χ2v) is 8.86. The molecular formula is C14H22N4O2S. The Labute approximate surface area is 125 Å². The van der Waals surface area contributed by atoms with Gasteiger partial charge in [-0.1, -0.05) is 13.8 Å². The maximum Gasteiger partial charge on any atom is 0.154 e. The van der Waals surface area contributed by atoms with Crippen molar-refractivity contribution in [3.63, 3.8) is 0 Å². The minimum Gasteiger partial charge on any atom is -0.367 e. The van der Waals surface area contributed by atoms with Crippen LogP contribution in [-0.4, -0.2) is 40.6 Å². The fraction of sp³-hybridized carbons (Fsp3) is 0.571. The first-order valence-corrected chi connectivity index (χ1v) is 8.79. The van der Waals surface area contributed by atoms with Crippen LogP contribution in [0.5, 0.6) is 0 Å². The lowest BCUT2D eigenvalue weighted by molar-refractivity contribution is 0.559. The summed E-state index contributed by atoms with van der Waals surface area (Å²) in [6.07, 6.45) is 4.69. The van der Waals surface area contributed by atoms with Crippen molar-refractivity contribution in [1.29, 1.82) is 0 Å². The van der Waals surface area contributed by atoms with E-state index in [1.54, 1.807) is 30.8 Å². The van der Waals surface area contributed by atoms with E-state index in [4.69, 9.17) is 0 Å². The first-order valence-electron chi connectivity index (χ1n) is 6.89. The van der Waals surface area contributed by atoms with Gasteiger partial charge in [-0.25, -0.2) is 17.9 Å². The number of hydrogen-bond donors (Lipinski definition) is 1. The molecular weight excluding hydrogens is 288 g/mol. The highest BCUT2D eigenvalue weighted by Crippen LogP contribution is 2.21. The molecule has 2 rings (SSSR count). The first-order chi connectivity index (χ1) is 9.62. The number of fused-ring (bicyclic) bond motifs is 1. The van der Waals surface area contributed by atoms with Crippen molar-refractivity contribution in [2.75, 3.05) is 18.1 Å². The fourth-order valence-corrected chi connectivity index (χ4v) is 2.12. The molecule has 0 fully saturated rings. The van der Waals surface area contributed by atoms with E-state index in [1.807, 2.05) is 6.07 Å². The fourth-order valence-electron chi connectivity index (χ4n) is 1.79. The lowest BCUT2D eigenvalue weighted by atomic mass is 10.1. The average molecular weight is 310 g/mol. The number of nitrogens with zero attached hydrogens (tertiary/aromatic N) is 3. The molecule has 0 spiro atoms. The molecule has 2 heterocycles. The molecule has 0 aliphatic carbocycles. The molecule has 0 radical (unpaired) electrons. The van der Waals surface area contributed by atoms with Crippen LogP contribution in [0.2, 0.25) is 0 Å². The van der Waals surface area contributed by atoms with Gasteiger partial charge in [-0.05, 0) is 25.8 Å². The Kier molecular flexibility index (Phi) is 3.97. The highest BCUT2D eigenvalue weighted by atomic mass is 32.2. The third-order valence-corrected chi connectivity index (χ3v) is 5.84. The van der Waals surface area contributed by atoms with Gasteiger partial charge in [0.1, 0.15) is 5.52 Å². The number of aromatic nitrogens is 3. The van der Waals surface area contributed by atoms with Gasteiger partial charge in [0.25, 0.3) is 0 Å². The zero-order chi connectivity index (χ0) is 15.8. The van der Waals surface area contributed by atoms with Crippen molar-refractivity contribution in [2.24, 2.45) is 0 Å². The Morgan fingerprint density at radius 3 is 2.62 bits per heavy atom. The molecule has 2 aromatic rings. The summed E-state index contributed by atoms with van der Waals surface area (Å²) in [7, 11) is -3.15. The molecule has 0 saturated carbocycles. The third kappa shape index (κ3) is 3.18. The van der Waals surface area contributed by atoms with Gasteiger partial charge in [0.05, 0.1) is 10.4 Å². The van der Waals surface area contributed by atoms with Crippen LogP contribution in [0, 0.1) is 0 Å². The zero-order valence-electron chi connectivity index (χ0n) is 13.1. The Morgan fingerprint density at radius 2 is 2.05 bits per heavy atom. The van der Waals surface area contributed by atoms with Crippen molar-refractivity contribution < 1.29 is 8.42 Å². The summed E-state index contributed by atoms with van der Waals surface area (Å²) in [5.74, 6) is 0.971. The van der Waals surface area contributed by atoms with E-state index in [9.17, 15) is 8.42 Å². The minimum atomic E-state index is -3.15. The van der Waals surface area contributed by atoms with Gasteiger partial charge in [-0.3, -0.25) is 0 Å². The molecule has 0 unspecified atom stereocenters. The van der Waals surface area contributed by atoms with Crippen molar-refractivity contribution in [1.82, 2.24) is 14.6 Å². The predicted octanol–water partition coefficient (Wildman–Crippen LogP) is 2.09. The smallest absolute Gasteiger partial charge is 0.154 e. The van der Waals surface area contributed by atoms with E-state index in [-0.39, 0.29) is 0 Å². The lowest BCUT2D eigenvalue weighted by Gasteiger charge is -2.23. The Bertz CT molecular complexity index is 747. The predicted molar refractivity (Wildman–Crippen MR) is 84.5 cm³/mol. The Hall–Kier alpha value is -1.63. The topological polar surface area (TPSA) is 76.4 Å². The maximum atomic E-state index is 11.8. The van der Waals surface area contributed by atoms with E-state index in [2.05, 4.69) is 29.2 Å². The van der Waals surface area contributed by atoms with Crippen LogP contribution < -0.4 is 5.32 Å². The van der Waals surface area contributed by atoms with Crippen LogP contribution in [0.15, 0.2) is 18.5 Å². The molecule has 7 heteroatoms. The number of hydrogen-bond acceptors (Lipinski definition) is 5. The van der Waals surface area contributed by atoms with Crippen LogP contribution >= 0.6 is 0 Å². The van der Waals surface area contributed by atoms with E-state index >= 15 is 0 Å². The molecule has 6 nitrogen and oxygen atoms in total. The Balaban J connectivity index is 2.31. The van der Waals surface area contributed by atoms with Crippen molar-refractivity contribution in [3.05, 3.63) is 24.2 Å². The second kappa shape index (κ2) is 5.29. The number of rotatable bonds is 5. The average Bonchev–Trinajstić information content (AvgIpc) is 2.79. The summed E-state index contributed by atoms with van der Waals surface area (Å²) in [6.45, 7) is 7.85. The van der Waals surface area contributed by atoms with Crippen molar-refractivity contribution in [2.45, 2.75) is 38.4 Å². The van der Waals surface area contributed by atoms with E-state index in [0.717, 1.165) is 11.2 Å². The summed E-state index contributed by atoms with van der Waals surface area (Å²) in [4.78, 5) is 4.30. The molecule has 0 aromatic carbocycles. The summed E-state index contributed by atoms with van der Waals surface area (Å²) < 4.78 is 24.4. The molecule has 0 bridgehead atoms. The number of sulfone groups is 1. The normalized spacial score (nSPS) is 13.0. The molecule has 0 aliphatic rings. The van der Waals surface area contributed by atoms with Gasteiger partial charge >= 0.3 is 0 Å². The van der Waals surface area contributed by atoms with Gasteiger partial charge in [-0.15, -0.1) is 0 Å². The van der Waals surface area contributed by atoms with Gasteiger partial charge in [0.15, 0.2) is 15.7 Å². The molecule has 0 amide bonds. The monoisotopic (exact) mass is 310 g/mol. The molecule has 1 N–H and O–H groups in total.